The minimum atomic E-state index is -3.52. The second-order valence-electron chi connectivity index (χ2n) is 5.21. The maximum Gasteiger partial charge on any atom is 0.240 e. The van der Waals surface area contributed by atoms with Gasteiger partial charge in [-0.1, -0.05) is 18.2 Å². The van der Waals surface area contributed by atoms with Gasteiger partial charge in [0.15, 0.2) is 0 Å². The summed E-state index contributed by atoms with van der Waals surface area (Å²) in [5, 5.41) is 2.77. The van der Waals surface area contributed by atoms with Gasteiger partial charge in [-0.3, -0.25) is 4.79 Å². The zero-order valence-electron chi connectivity index (χ0n) is 12.2. The van der Waals surface area contributed by atoms with Crippen molar-refractivity contribution in [2.75, 3.05) is 12.4 Å². The molecule has 6 heteroatoms. The fourth-order valence-corrected chi connectivity index (χ4v) is 3.39. The molecule has 1 aliphatic rings. The number of hydrogen-bond acceptors (Lipinski definition) is 3. The van der Waals surface area contributed by atoms with Gasteiger partial charge in [-0.05, 0) is 50.4 Å². The molecule has 2 N–H and O–H groups in total. The van der Waals surface area contributed by atoms with Crippen molar-refractivity contribution < 1.29 is 13.2 Å². The monoisotopic (exact) mass is 308 g/mol. The predicted molar refractivity (Wildman–Crippen MR) is 82.5 cm³/mol. The van der Waals surface area contributed by atoms with Gasteiger partial charge in [-0.2, -0.15) is 0 Å². The number of carbonyl (C=O) groups excluding carboxylic acids is 1. The van der Waals surface area contributed by atoms with Gasteiger partial charge in [0.05, 0.1) is 4.90 Å². The first-order chi connectivity index (χ1) is 9.92. The van der Waals surface area contributed by atoms with Crippen molar-refractivity contribution in [1.82, 2.24) is 4.72 Å². The Kier molecular flexibility index (Phi) is 4.80. The Morgan fingerprint density at radius 1 is 1.38 bits per heavy atom. The molecule has 0 radical (unpaired) electrons. The van der Waals surface area contributed by atoms with Crippen LogP contribution in [0.25, 0.3) is 0 Å². The maximum absolute atomic E-state index is 12.0. The SMILES string of the molecule is CNS(=O)(=O)c1cc(NC(=O)C[C@H]2C=CCC2)ccc1C. The van der Waals surface area contributed by atoms with Crippen LogP contribution in [0.2, 0.25) is 0 Å². The molecular formula is C15H20N2O3S. The van der Waals surface area contributed by atoms with Crippen molar-refractivity contribution in [3.05, 3.63) is 35.9 Å². The minimum absolute atomic E-state index is 0.0943. The van der Waals surface area contributed by atoms with E-state index in [9.17, 15) is 13.2 Å². The molecule has 0 unspecified atom stereocenters. The largest absolute Gasteiger partial charge is 0.326 e. The number of carbonyl (C=O) groups is 1. The molecule has 0 aromatic heterocycles. The van der Waals surface area contributed by atoms with Crippen molar-refractivity contribution in [3.63, 3.8) is 0 Å². The lowest BCUT2D eigenvalue weighted by molar-refractivity contribution is -0.116. The second-order valence-corrected chi connectivity index (χ2v) is 7.06. The Morgan fingerprint density at radius 3 is 2.76 bits per heavy atom. The molecule has 1 aromatic carbocycles. The topological polar surface area (TPSA) is 75.3 Å². The van der Waals surface area contributed by atoms with E-state index < -0.39 is 10.0 Å². The van der Waals surface area contributed by atoms with E-state index in [-0.39, 0.29) is 16.7 Å². The van der Waals surface area contributed by atoms with E-state index >= 15 is 0 Å². The van der Waals surface area contributed by atoms with Gasteiger partial charge < -0.3 is 5.32 Å². The number of allylic oxidation sites excluding steroid dienone is 2. The number of hydrogen-bond donors (Lipinski definition) is 2. The van der Waals surface area contributed by atoms with Crippen LogP contribution in [-0.4, -0.2) is 21.4 Å². The van der Waals surface area contributed by atoms with Crippen molar-refractivity contribution in [2.24, 2.45) is 5.92 Å². The van der Waals surface area contributed by atoms with Crippen LogP contribution < -0.4 is 10.0 Å². The summed E-state index contributed by atoms with van der Waals surface area (Å²) < 4.78 is 26.1. The summed E-state index contributed by atoms with van der Waals surface area (Å²) in [6.07, 6.45) is 6.60. The van der Waals surface area contributed by atoms with Crippen molar-refractivity contribution in [3.8, 4) is 0 Å². The van der Waals surface area contributed by atoms with Gasteiger partial charge in [-0.15, -0.1) is 0 Å². The normalized spacial score (nSPS) is 17.9. The third-order valence-corrected chi connectivity index (χ3v) is 5.15. The van der Waals surface area contributed by atoms with Crippen LogP contribution >= 0.6 is 0 Å². The van der Waals surface area contributed by atoms with Crippen LogP contribution in [0.1, 0.15) is 24.8 Å². The van der Waals surface area contributed by atoms with Crippen molar-refractivity contribution >= 4 is 21.6 Å². The summed E-state index contributed by atoms with van der Waals surface area (Å²) >= 11 is 0. The molecule has 0 saturated heterocycles. The maximum atomic E-state index is 12.0. The summed E-state index contributed by atoms with van der Waals surface area (Å²) in [7, 11) is -2.15. The zero-order valence-corrected chi connectivity index (χ0v) is 13.0. The lowest BCUT2D eigenvalue weighted by atomic mass is 10.1. The first kappa shape index (κ1) is 15.7. The third kappa shape index (κ3) is 3.92. The quantitative estimate of drug-likeness (QED) is 0.819. The Hall–Kier alpha value is -1.66. The summed E-state index contributed by atoms with van der Waals surface area (Å²) in [5.41, 5.74) is 1.14. The number of rotatable bonds is 5. The van der Waals surface area contributed by atoms with Gasteiger partial charge in [0.2, 0.25) is 15.9 Å². The first-order valence-corrected chi connectivity index (χ1v) is 8.41. The summed E-state index contributed by atoms with van der Waals surface area (Å²) in [6, 6.07) is 4.89. The standard InChI is InChI=1S/C15H20N2O3S/c1-11-7-8-13(10-14(11)21(19,20)16-2)17-15(18)9-12-5-3-4-6-12/h3,5,7-8,10,12,16H,4,6,9H2,1-2H3,(H,17,18)/t12-/m0/s1. The molecule has 0 spiro atoms. The molecule has 21 heavy (non-hydrogen) atoms. The zero-order chi connectivity index (χ0) is 15.5. The van der Waals surface area contributed by atoms with E-state index in [1.807, 2.05) is 0 Å². The molecule has 1 aliphatic carbocycles. The van der Waals surface area contributed by atoms with E-state index in [2.05, 4.69) is 22.2 Å². The Morgan fingerprint density at radius 2 is 2.14 bits per heavy atom. The van der Waals surface area contributed by atoms with Gasteiger partial charge in [-0.25, -0.2) is 13.1 Å². The van der Waals surface area contributed by atoms with E-state index in [1.165, 1.54) is 13.1 Å². The Bertz CT molecular complexity index is 665. The minimum Gasteiger partial charge on any atom is -0.326 e. The molecule has 5 nitrogen and oxygen atoms in total. The third-order valence-electron chi connectivity index (χ3n) is 3.59. The number of anilines is 1. The molecule has 2 rings (SSSR count). The molecule has 114 valence electrons. The predicted octanol–water partition coefficient (Wildman–Crippen LogP) is 2.20. The van der Waals surface area contributed by atoms with E-state index in [4.69, 9.17) is 0 Å². The summed E-state index contributed by atoms with van der Waals surface area (Å²) in [4.78, 5) is 12.2. The van der Waals surface area contributed by atoms with Crippen LogP contribution in [0.15, 0.2) is 35.2 Å². The first-order valence-electron chi connectivity index (χ1n) is 6.93. The number of sulfonamides is 1. The molecular weight excluding hydrogens is 288 g/mol. The van der Waals surface area contributed by atoms with Crippen molar-refractivity contribution in [1.29, 1.82) is 0 Å². The Labute approximate surface area is 125 Å². The molecule has 1 aromatic rings. The van der Waals surface area contributed by atoms with Gasteiger partial charge >= 0.3 is 0 Å². The van der Waals surface area contributed by atoms with Crippen LogP contribution in [0.5, 0.6) is 0 Å². The lowest BCUT2D eigenvalue weighted by Gasteiger charge is -2.11. The summed E-state index contributed by atoms with van der Waals surface area (Å²) in [5.74, 6) is 0.194. The van der Waals surface area contributed by atoms with Crippen LogP contribution in [-0.2, 0) is 14.8 Å². The van der Waals surface area contributed by atoms with Gasteiger partial charge in [0, 0.05) is 12.1 Å². The highest BCUT2D eigenvalue weighted by Crippen LogP contribution is 2.23. The van der Waals surface area contributed by atoms with E-state index in [0.717, 1.165) is 12.8 Å². The Balaban J connectivity index is 2.12. The average Bonchev–Trinajstić information content (AvgIpc) is 2.93. The molecule has 0 bridgehead atoms. The van der Waals surface area contributed by atoms with Crippen molar-refractivity contribution in [2.45, 2.75) is 31.1 Å². The lowest BCUT2D eigenvalue weighted by Crippen LogP contribution is -2.20. The summed E-state index contributed by atoms with van der Waals surface area (Å²) in [6.45, 7) is 1.72. The van der Waals surface area contributed by atoms with Gasteiger partial charge in [0.1, 0.15) is 0 Å². The second kappa shape index (κ2) is 6.41. The van der Waals surface area contributed by atoms with Crippen LogP contribution in [0.4, 0.5) is 5.69 Å². The number of aryl methyl sites for hydroxylation is 1. The number of nitrogens with one attached hydrogen (secondary N) is 2. The number of benzene rings is 1. The van der Waals surface area contributed by atoms with Crippen LogP contribution in [0, 0.1) is 12.8 Å². The smallest absolute Gasteiger partial charge is 0.240 e. The van der Waals surface area contributed by atoms with Crippen LogP contribution in [0.3, 0.4) is 0 Å². The van der Waals surface area contributed by atoms with E-state index in [1.54, 1.807) is 19.1 Å². The van der Waals surface area contributed by atoms with Gasteiger partial charge in [0.25, 0.3) is 0 Å². The highest BCUT2D eigenvalue weighted by atomic mass is 32.2. The number of amides is 1. The molecule has 0 aliphatic heterocycles. The van der Waals surface area contributed by atoms with E-state index in [0.29, 0.717) is 17.7 Å². The fourth-order valence-electron chi connectivity index (χ4n) is 2.39. The highest BCUT2D eigenvalue weighted by molar-refractivity contribution is 7.89. The molecule has 0 fully saturated rings. The molecule has 1 atom stereocenters. The fraction of sp³-hybridized carbons (Fsp3) is 0.400. The molecule has 1 amide bonds. The molecule has 0 saturated carbocycles. The molecule has 0 heterocycles. The highest BCUT2D eigenvalue weighted by Gasteiger charge is 2.17. The average molecular weight is 308 g/mol.